The minimum Gasteiger partial charge on any atom is -0.493 e. The SMILES string of the molecule is COc1cc(C)c(CN(C)C(=O)COC(=O)c2ccc(-n3cccc3)cc2)cc1OC. The number of nitrogens with zero attached hydrogens (tertiary/aromatic N) is 2. The van der Waals surface area contributed by atoms with E-state index in [9.17, 15) is 9.59 Å². The Labute approximate surface area is 181 Å². The summed E-state index contributed by atoms with van der Waals surface area (Å²) in [7, 11) is 4.81. The van der Waals surface area contributed by atoms with Crippen LogP contribution in [0, 0.1) is 6.92 Å². The van der Waals surface area contributed by atoms with E-state index < -0.39 is 5.97 Å². The van der Waals surface area contributed by atoms with Gasteiger partial charge in [-0.05, 0) is 66.6 Å². The highest BCUT2D eigenvalue weighted by Gasteiger charge is 2.16. The van der Waals surface area contributed by atoms with Crippen molar-refractivity contribution in [2.45, 2.75) is 13.5 Å². The molecule has 1 aromatic heterocycles. The third-order valence-electron chi connectivity index (χ3n) is 5.01. The smallest absolute Gasteiger partial charge is 0.338 e. The lowest BCUT2D eigenvalue weighted by Gasteiger charge is -2.20. The number of aryl methyl sites for hydroxylation is 1. The Morgan fingerprint density at radius 3 is 2.19 bits per heavy atom. The predicted octanol–water partition coefficient (Wildman–Crippen LogP) is 3.62. The Bertz CT molecular complexity index is 1040. The van der Waals surface area contributed by atoms with Gasteiger partial charge in [0, 0.05) is 31.7 Å². The minimum absolute atomic E-state index is 0.300. The van der Waals surface area contributed by atoms with Crippen molar-refractivity contribution in [1.29, 1.82) is 0 Å². The second-order valence-corrected chi connectivity index (χ2v) is 7.10. The number of hydrogen-bond acceptors (Lipinski definition) is 5. The molecule has 0 bridgehead atoms. The van der Waals surface area contributed by atoms with Crippen LogP contribution in [0.2, 0.25) is 0 Å². The van der Waals surface area contributed by atoms with Crippen LogP contribution in [0.4, 0.5) is 0 Å². The van der Waals surface area contributed by atoms with E-state index in [2.05, 4.69) is 0 Å². The Kier molecular flexibility index (Phi) is 6.97. The molecule has 0 aliphatic carbocycles. The molecule has 1 amide bonds. The maximum absolute atomic E-state index is 12.5. The fraction of sp³-hybridized carbons (Fsp3) is 0.250. The van der Waals surface area contributed by atoms with Crippen molar-refractivity contribution >= 4 is 11.9 Å². The number of ether oxygens (including phenoxy) is 3. The highest BCUT2D eigenvalue weighted by Crippen LogP contribution is 2.30. The number of aromatic nitrogens is 1. The lowest BCUT2D eigenvalue weighted by Crippen LogP contribution is -2.31. The third-order valence-corrected chi connectivity index (χ3v) is 5.01. The maximum Gasteiger partial charge on any atom is 0.338 e. The molecule has 31 heavy (non-hydrogen) atoms. The summed E-state index contributed by atoms with van der Waals surface area (Å²) in [6.07, 6.45) is 3.84. The maximum atomic E-state index is 12.5. The van der Waals surface area contributed by atoms with Gasteiger partial charge in [0.15, 0.2) is 18.1 Å². The quantitative estimate of drug-likeness (QED) is 0.519. The van der Waals surface area contributed by atoms with Crippen molar-refractivity contribution in [1.82, 2.24) is 9.47 Å². The zero-order valence-electron chi connectivity index (χ0n) is 18.1. The molecule has 0 saturated heterocycles. The van der Waals surface area contributed by atoms with Crippen molar-refractivity contribution in [3.63, 3.8) is 0 Å². The summed E-state index contributed by atoms with van der Waals surface area (Å²) in [5.41, 5.74) is 3.21. The zero-order valence-corrected chi connectivity index (χ0v) is 18.1. The van der Waals surface area contributed by atoms with Gasteiger partial charge in [0.1, 0.15) is 0 Å². The van der Waals surface area contributed by atoms with E-state index in [1.165, 1.54) is 4.90 Å². The van der Waals surface area contributed by atoms with Crippen LogP contribution < -0.4 is 9.47 Å². The van der Waals surface area contributed by atoms with Crippen molar-refractivity contribution in [2.75, 3.05) is 27.9 Å². The molecule has 0 N–H and O–H groups in total. The number of carbonyl (C=O) groups excluding carboxylic acids is 2. The molecule has 3 aromatic rings. The summed E-state index contributed by atoms with van der Waals surface area (Å²) >= 11 is 0. The average Bonchev–Trinajstić information content (AvgIpc) is 3.33. The number of amides is 1. The van der Waals surface area contributed by atoms with Crippen LogP contribution in [0.25, 0.3) is 5.69 Å². The van der Waals surface area contributed by atoms with Crippen LogP contribution in [0.1, 0.15) is 21.5 Å². The number of hydrogen-bond donors (Lipinski definition) is 0. The van der Waals surface area contributed by atoms with Crippen LogP contribution in [0.5, 0.6) is 11.5 Å². The van der Waals surface area contributed by atoms with Gasteiger partial charge in [-0.1, -0.05) is 0 Å². The number of likely N-dealkylation sites (N-methyl/N-ethyl adjacent to an activating group) is 1. The number of benzene rings is 2. The highest BCUT2D eigenvalue weighted by atomic mass is 16.5. The molecule has 0 unspecified atom stereocenters. The molecule has 162 valence electrons. The zero-order chi connectivity index (χ0) is 22.4. The molecular formula is C24H26N2O5. The molecule has 0 atom stereocenters. The van der Waals surface area contributed by atoms with Crippen LogP contribution >= 0.6 is 0 Å². The Balaban J connectivity index is 1.57. The Morgan fingerprint density at radius 1 is 0.968 bits per heavy atom. The fourth-order valence-corrected chi connectivity index (χ4v) is 3.13. The fourth-order valence-electron chi connectivity index (χ4n) is 3.13. The first-order valence-corrected chi connectivity index (χ1v) is 9.79. The van der Waals surface area contributed by atoms with E-state index in [0.717, 1.165) is 16.8 Å². The van der Waals surface area contributed by atoms with E-state index in [0.29, 0.717) is 23.6 Å². The van der Waals surface area contributed by atoms with Gasteiger partial charge in [0.25, 0.3) is 5.91 Å². The minimum atomic E-state index is -0.539. The number of carbonyl (C=O) groups is 2. The van der Waals surface area contributed by atoms with Gasteiger partial charge in [0.2, 0.25) is 0 Å². The molecular weight excluding hydrogens is 396 g/mol. The molecule has 1 heterocycles. The topological polar surface area (TPSA) is 70.0 Å². The molecule has 7 nitrogen and oxygen atoms in total. The van der Waals surface area contributed by atoms with E-state index in [4.69, 9.17) is 14.2 Å². The van der Waals surface area contributed by atoms with E-state index in [1.54, 1.807) is 33.4 Å². The molecule has 0 saturated carbocycles. The second-order valence-electron chi connectivity index (χ2n) is 7.10. The van der Waals surface area contributed by atoms with Crippen molar-refractivity contribution in [2.24, 2.45) is 0 Å². The average molecular weight is 422 g/mol. The second kappa shape index (κ2) is 9.84. The molecule has 7 heteroatoms. The summed E-state index contributed by atoms with van der Waals surface area (Å²) in [6.45, 7) is 1.96. The van der Waals surface area contributed by atoms with Gasteiger partial charge in [0.05, 0.1) is 19.8 Å². The monoisotopic (exact) mass is 422 g/mol. The molecule has 0 fully saturated rings. The normalized spacial score (nSPS) is 10.5. The van der Waals surface area contributed by atoms with E-state index >= 15 is 0 Å². The predicted molar refractivity (Wildman–Crippen MR) is 117 cm³/mol. The van der Waals surface area contributed by atoms with Crippen LogP contribution in [0.15, 0.2) is 60.9 Å². The van der Waals surface area contributed by atoms with Crippen LogP contribution in [0.3, 0.4) is 0 Å². The standard InChI is InChI=1S/C24H26N2O5/c1-17-13-21(29-3)22(30-4)14-19(17)15-25(2)23(27)16-31-24(28)18-7-9-20(10-8-18)26-11-5-6-12-26/h5-14H,15-16H2,1-4H3. The molecule has 0 spiro atoms. The van der Waals surface area contributed by atoms with Crippen molar-refractivity contribution < 1.29 is 23.8 Å². The van der Waals surface area contributed by atoms with Gasteiger partial charge >= 0.3 is 5.97 Å². The van der Waals surface area contributed by atoms with Gasteiger partial charge in [-0.15, -0.1) is 0 Å². The molecule has 0 aliphatic rings. The molecule has 0 aliphatic heterocycles. The summed E-state index contributed by atoms with van der Waals surface area (Å²) in [5, 5.41) is 0. The Morgan fingerprint density at radius 2 is 1.58 bits per heavy atom. The van der Waals surface area contributed by atoms with Gasteiger partial charge in [-0.2, -0.15) is 0 Å². The number of esters is 1. The lowest BCUT2D eigenvalue weighted by molar-refractivity contribution is -0.133. The van der Waals surface area contributed by atoms with Gasteiger partial charge < -0.3 is 23.7 Å². The van der Waals surface area contributed by atoms with Crippen molar-refractivity contribution in [3.05, 3.63) is 77.6 Å². The Hall–Kier alpha value is -3.74. The van der Waals surface area contributed by atoms with Gasteiger partial charge in [-0.3, -0.25) is 4.79 Å². The first-order valence-electron chi connectivity index (χ1n) is 9.79. The first kappa shape index (κ1) is 22.0. The molecule has 3 rings (SSSR count). The van der Waals surface area contributed by atoms with Crippen LogP contribution in [-0.4, -0.2) is 49.2 Å². The number of rotatable bonds is 8. The summed E-state index contributed by atoms with van der Waals surface area (Å²) < 4.78 is 17.8. The highest BCUT2D eigenvalue weighted by molar-refractivity contribution is 5.91. The first-order chi connectivity index (χ1) is 14.9. The van der Waals surface area contributed by atoms with E-state index in [1.807, 2.05) is 60.3 Å². The van der Waals surface area contributed by atoms with Crippen LogP contribution in [-0.2, 0) is 16.1 Å². The summed E-state index contributed by atoms with van der Waals surface area (Å²) in [6, 6.07) is 14.6. The third kappa shape index (κ3) is 5.25. The number of methoxy groups -OCH3 is 2. The lowest BCUT2D eigenvalue weighted by atomic mass is 10.1. The van der Waals surface area contributed by atoms with E-state index in [-0.39, 0.29) is 12.5 Å². The molecule has 0 radical (unpaired) electrons. The summed E-state index contributed by atoms with van der Waals surface area (Å²) in [5.74, 6) is 0.391. The summed E-state index contributed by atoms with van der Waals surface area (Å²) in [4.78, 5) is 26.3. The van der Waals surface area contributed by atoms with Crippen molar-refractivity contribution in [3.8, 4) is 17.2 Å². The largest absolute Gasteiger partial charge is 0.493 e. The van der Waals surface area contributed by atoms with Gasteiger partial charge in [-0.25, -0.2) is 4.79 Å². The molecule has 2 aromatic carbocycles.